The highest BCUT2D eigenvalue weighted by molar-refractivity contribution is 6.74. The van der Waals surface area contributed by atoms with Gasteiger partial charge in [0.25, 0.3) is 0 Å². The summed E-state index contributed by atoms with van der Waals surface area (Å²) in [5, 5.41) is 0.204. The number of rotatable bonds is 8. The van der Waals surface area contributed by atoms with E-state index in [0.29, 0.717) is 18.3 Å². The summed E-state index contributed by atoms with van der Waals surface area (Å²) in [6.45, 7) is 13.7. The van der Waals surface area contributed by atoms with E-state index in [4.69, 9.17) is 9.16 Å². The zero-order valence-electron chi connectivity index (χ0n) is 17.1. The van der Waals surface area contributed by atoms with Crippen molar-refractivity contribution in [3.05, 3.63) is 12.2 Å². The Labute approximate surface area is 155 Å². The second-order valence-electron chi connectivity index (χ2n) is 9.40. The SMILES string of the molecule is CCCCCC/C=C/[C@@H]1[C@H]2CC(=O)O[C@H]2C[C@H]1O[Si](C)(C)C(C)(C)C. The first-order valence-electron chi connectivity index (χ1n) is 10.2. The molecule has 0 aromatic carbocycles. The molecule has 0 amide bonds. The van der Waals surface area contributed by atoms with Crippen molar-refractivity contribution in [1.82, 2.24) is 0 Å². The van der Waals surface area contributed by atoms with Gasteiger partial charge in [0.2, 0.25) is 0 Å². The van der Waals surface area contributed by atoms with Crippen molar-refractivity contribution in [3.8, 4) is 0 Å². The van der Waals surface area contributed by atoms with Gasteiger partial charge in [0.15, 0.2) is 8.32 Å². The average molecular weight is 367 g/mol. The molecule has 3 nitrogen and oxygen atoms in total. The summed E-state index contributed by atoms with van der Waals surface area (Å²) < 4.78 is 12.3. The summed E-state index contributed by atoms with van der Waals surface area (Å²) in [6, 6.07) is 0. The maximum absolute atomic E-state index is 11.7. The molecule has 1 saturated heterocycles. The van der Waals surface area contributed by atoms with Crippen LogP contribution in [-0.4, -0.2) is 26.5 Å². The monoisotopic (exact) mass is 366 g/mol. The molecule has 2 rings (SSSR count). The molecule has 1 aliphatic carbocycles. The van der Waals surface area contributed by atoms with Gasteiger partial charge >= 0.3 is 5.97 Å². The number of esters is 1. The summed E-state index contributed by atoms with van der Waals surface area (Å²) in [5.74, 6) is 0.619. The minimum Gasteiger partial charge on any atom is -0.462 e. The van der Waals surface area contributed by atoms with Crippen LogP contribution in [0, 0.1) is 11.8 Å². The molecule has 0 radical (unpaired) electrons. The summed E-state index contributed by atoms with van der Waals surface area (Å²) >= 11 is 0. The highest BCUT2D eigenvalue weighted by Gasteiger charge is 2.52. The van der Waals surface area contributed by atoms with Gasteiger partial charge in [-0.1, -0.05) is 59.1 Å². The molecule has 25 heavy (non-hydrogen) atoms. The molecule has 1 heterocycles. The molecule has 0 spiro atoms. The molecule has 0 unspecified atom stereocenters. The molecular formula is C21H38O3Si. The first kappa shape index (κ1) is 20.7. The van der Waals surface area contributed by atoms with Gasteiger partial charge in [-0.25, -0.2) is 0 Å². The number of carbonyl (C=O) groups is 1. The third-order valence-corrected chi connectivity index (χ3v) is 10.9. The minimum absolute atomic E-state index is 0.0258. The van der Waals surface area contributed by atoms with Crippen LogP contribution in [0.25, 0.3) is 0 Å². The molecule has 4 atom stereocenters. The number of fused-ring (bicyclic) bond motifs is 1. The van der Waals surface area contributed by atoms with Crippen LogP contribution in [-0.2, 0) is 14.0 Å². The van der Waals surface area contributed by atoms with Gasteiger partial charge in [0.1, 0.15) is 6.10 Å². The largest absolute Gasteiger partial charge is 0.462 e. The van der Waals surface area contributed by atoms with Crippen molar-refractivity contribution in [2.75, 3.05) is 0 Å². The molecule has 1 aliphatic heterocycles. The van der Waals surface area contributed by atoms with Crippen molar-refractivity contribution in [2.24, 2.45) is 11.8 Å². The minimum atomic E-state index is -1.82. The number of hydrogen-bond acceptors (Lipinski definition) is 3. The van der Waals surface area contributed by atoms with Crippen molar-refractivity contribution < 1.29 is 14.0 Å². The fraction of sp³-hybridized carbons (Fsp3) is 0.857. The van der Waals surface area contributed by atoms with E-state index in [1.54, 1.807) is 0 Å². The average Bonchev–Trinajstić information content (AvgIpc) is 2.98. The number of allylic oxidation sites excluding steroid dienone is 1. The predicted octanol–water partition coefficient (Wildman–Crippen LogP) is 5.86. The van der Waals surface area contributed by atoms with Gasteiger partial charge in [-0.3, -0.25) is 4.79 Å². The molecule has 1 saturated carbocycles. The Morgan fingerprint density at radius 1 is 1.24 bits per heavy atom. The normalized spacial score (nSPS) is 30.1. The van der Waals surface area contributed by atoms with E-state index < -0.39 is 8.32 Å². The Kier molecular flexibility index (Phi) is 6.94. The van der Waals surface area contributed by atoms with Gasteiger partial charge < -0.3 is 9.16 Å². The Morgan fingerprint density at radius 2 is 1.96 bits per heavy atom. The smallest absolute Gasteiger partial charge is 0.306 e. The van der Waals surface area contributed by atoms with E-state index in [-0.39, 0.29) is 23.2 Å². The fourth-order valence-corrected chi connectivity index (χ4v) is 5.15. The highest BCUT2D eigenvalue weighted by atomic mass is 28.4. The molecule has 0 bridgehead atoms. The van der Waals surface area contributed by atoms with Crippen LogP contribution < -0.4 is 0 Å². The van der Waals surface area contributed by atoms with E-state index in [1.165, 1.54) is 25.7 Å². The third kappa shape index (κ3) is 5.19. The third-order valence-electron chi connectivity index (χ3n) is 6.39. The molecule has 0 aromatic rings. The van der Waals surface area contributed by atoms with Crippen LogP contribution in [0.4, 0.5) is 0 Å². The standard InChI is InChI=1S/C21H38O3Si/c1-7-8-9-10-11-12-13-16-17-14-20(22)23-18(17)15-19(16)24-25(5,6)21(2,3)4/h12-13,16-19H,7-11,14-15H2,1-6H3/b13-12+/t16-,17-,18+,19-/m1/s1. The zero-order chi connectivity index (χ0) is 18.7. The van der Waals surface area contributed by atoms with Gasteiger partial charge in [0.05, 0.1) is 12.5 Å². The van der Waals surface area contributed by atoms with Crippen molar-refractivity contribution in [3.63, 3.8) is 0 Å². The molecule has 2 aliphatic rings. The maximum Gasteiger partial charge on any atom is 0.306 e. The lowest BCUT2D eigenvalue weighted by Gasteiger charge is -2.39. The fourth-order valence-electron chi connectivity index (χ4n) is 3.79. The lowest BCUT2D eigenvalue weighted by molar-refractivity contribution is -0.141. The van der Waals surface area contributed by atoms with Gasteiger partial charge in [-0.15, -0.1) is 0 Å². The Bertz CT molecular complexity index is 478. The molecule has 144 valence electrons. The summed E-state index contributed by atoms with van der Waals surface area (Å²) in [4.78, 5) is 11.7. The number of hydrogen-bond donors (Lipinski definition) is 0. The van der Waals surface area contributed by atoms with Crippen LogP contribution in [0.5, 0.6) is 0 Å². The first-order chi connectivity index (χ1) is 11.7. The van der Waals surface area contributed by atoms with E-state index in [9.17, 15) is 4.79 Å². The lowest BCUT2D eigenvalue weighted by Crippen LogP contribution is -2.45. The van der Waals surface area contributed by atoms with Crippen LogP contribution >= 0.6 is 0 Å². The second-order valence-corrected chi connectivity index (χ2v) is 14.2. The number of ether oxygens (including phenoxy) is 1. The van der Waals surface area contributed by atoms with Crippen molar-refractivity contribution >= 4 is 14.3 Å². The molecule has 0 N–H and O–H groups in total. The maximum atomic E-state index is 11.7. The summed E-state index contributed by atoms with van der Waals surface area (Å²) in [5.41, 5.74) is 0. The van der Waals surface area contributed by atoms with Gasteiger partial charge in [0, 0.05) is 18.3 Å². The topological polar surface area (TPSA) is 35.5 Å². The zero-order valence-corrected chi connectivity index (χ0v) is 18.1. The Balaban J connectivity index is 2.02. The van der Waals surface area contributed by atoms with Gasteiger partial charge in [-0.05, 0) is 31.0 Å². The molecule has 4 heteroatoms. The van der Waals surface area contributed by atoms with E-state index in [1.807, 2.05) is 0 Å². The van der Waals surface area contributed by atoms with E-state index in [0.717, 1.165) is 12.8 Å². The Morgan fingerprint density at radius 3 is 2.60 bits per heavy atom. The number of carbonyl (C=O) groups excluding carboxylic acids is 1. The van der Waals surface area contributed by atoms with E-state index >= 15 is 0 Å². The molecular weight excluding hydrogens is 328 g/mol. The molecule has 0 aromatic heterocycles. The summed E-state index contributed by atoms with van der Waals surface area (Å²) in [6.07, 6.45) is 12.7. The van der Waals surface area contributed by atoms with E-state index in [2.05, 4.69) is 52.9 Å². The van der Waals surface area contributed by atoms with Crippen LogP contribution in [0.3, 0.4) is 0 Å². The predicted molar refractivity (Wildman–Crippen MR) is 106 cm³/mol. The van der Waals surface area contributed by atoms with Crippen molar-refractivity contribution in [2.45, 2.75) is 103 Å². The van der Waals surface area contributed by atoms with Crippen LogP contribution in [0.2, 0.25) is 18.1 Å². The number of unbranched alkanes of at least 4 members (excludes halogenated alkanes) is 4. The lowest BCUT2D eigenvalue weighted by atomic mass is 9.91. The van der Waals surface area contributed by atoms with Crippen LogP contribution in [0.1, 0.15) is 72.6 Å². The van der Waals surface area contributed by atoms with Crippen LogP contribution in [0.15, 0.2) is 12.2 Å². The highest BCUT2D eigenvalue weighted by Crippen LogP contribution is 2.47. The van der Waals surface area contributed by atoms with Gasteiger partial charge in [-0.2, -0.15) is 0 Å². The summed E-state index contributed by atoms with van der Waals surface area (Å²) in [7, 11) is -1.82. The first-order valence-corrected chi connectivity index (χ1v) is 13.1. The molecule has 2 fully saturated rings. The second kappa shape index (κ2) is 8.39. The quantitative estimate of drug-likeness (QED) is 0.234. The Hall–Kier alpha value is -0.613. The van der Waals surface area contributed by atoms with Crippen molar-refractivity contribution in [1.29, 1.82) is 0 Å².